The summed E-state index contributed by atoms with van der Waals surface area (Å²) in [7, 11) is 0. The van der Waals surface area contributed by atoms with Crippen molar-refractivity contribution in [3.05, 3.63) is 0 Å². The van der Waals surface area contributed by atoms with E-state index in [-0.39, 0.29) is 0 Å². The third-order valence-corrected chi connectivity index (χ3v) is 2.88. The molecule has 0 bridgehead atoms. The van der Waals surface area contributed by atoms with Crippen molar-refractivity contribution in [3.63, 3.8) is 0 Å². The van der Waals surface area contributed by atoms with Crippen LogP contribution in [0.4, 0.5) is 0 Å². The highest BCUT2D eigenvalue weighted by Crippen LogP contribution is 2.52. The van der Waals surface area contributed by atoms with Crippen molar-refractivity contribution in [3.8, 4) is 0 Å². The van der Waals surface area contributed by atoms with E-state index in [1.165, 1.54) is 25.7 Å². The van der Waals surface area contributed by atoms with Gasteiger partial charge in [0, 0.05) is 12.0 Å². The summed E-state index contributed by atoms with van der Waals surface area (Å²) in [4.78, 5) is 4.70. The quantitative estimate of drug-likeness (QED) is 0.617. The molecule has 0 radical (unpaired) electrons. The molecule has 3 nitrogen and oxygen atoms in total. The van der Waals surface area contributed by atoms with E-state index in [1.807, 2.05) is 0 Å². The third-order valence-electron chi connectivity index (χ3n) is 2.88. The van der Waals surface area contributed by atoms with Crippen LogP contribution in [0.5, 0.6) is 0 Å². The summed E-state index contributed by atoms with van der Waals surface area (Å²) in [5, 5.41) is 0. The first kappa shape index (κ1) is 7.53. The van der Waals surface area contributed by atoms with E-state index in [4.69, 9.17) is 15.5 Å². The molecule has 1 heterocycles. The molecule has 1 unspecified atom stereocenters. The van der Waals surface area contributed by atoms with Gasteiger partial charge in [-0.3, -0.25) is 0 Å². The molecule has 0 aromatic carbocycles. The summed E-state index contributed by atoms with van der Waals surface area (Å²) >= 11 is 0. The molecule has 2 rings (SSSR count). The van der Waals surface area contributed by atoms with Gasteiger partial charge >= 0.3 is 0 Å². The number of nitrogens with two attached hydrogens (primary N) is 1. The molecule has 0 aromatic rings. The maximum absolute atomic E-state index is 5.60. The minimum atomic E-state index is 0.311. The Morgan fingerprint density at radius 2 is 2.36 bits per heavy atom. The van der Waals surface area contributed by atoms with E-state index in [1.54, 1.807) is 0 Å². The van der Waals surface area contributed by atoms with E-state index in [9.17, 15) is 0 Å². The number of rotatable bonds is 3. The average molecular weight is 157 g/mol. The lowest BCUT2D eigenvalue weighted by atomic mass is 9.98. The van der Waals surface area contributed by atoms with Gasteiger partial charge in [-0.05, 0) is 25.7 Å². The van der Waals surface area contributed by atoms with Gasteiger partial charge in [-0.1, -0.05) is 0 Å². The van der Waals surface area contributed by atoms with E-state index in [2.05, 4.69) is 0 Å². The van der Waals surface area contributed by atoms with Crippen molar-refractivity contribution in [2.45, 2.75) is 31.8 Å². The molecular weight excluding hydrogens is 142 g/mol. The molecule has 1 aliphatic heterocycles. The molecule has 2 N–H and O–H groups in total. The lowest BCUT2D eigenvalue weighted by Crippen LogP contribution is -2.27. The second-order valence-corrected chi connectivity index (χ2v) is 3.68. The Morgan fingerprint density at radius 1 is 1.55 bits per heavy atom. The Kier molecular flexibility index (Phi) is 1.87. The van der Waals surface area contributed by atoms with E-state index in [0.717, 1.165) is 6.61 Å². The first-order valence-corrected chi connectivity index (χ1v) is 4.31. The van der Waals surface area contributed by atoms with Crippen LogP contribution in [-0.4, -0.2) is 19.3 Å². The van der Waals surface area contributed by atoms with Gasteiger partial charge in [0.1, 0.15) is 0 Å². The number of ether oxygens (including phenoxy) is 1. The van der Waals surface area contributed by atoms with Crippen LogP contribution in [0.1, 0.15) is 25.7 Å². The normalized spacial score (nSPS) is 34.1. The Morgan fingerprint density at radius 3 is 2.82 bits per heavy atom. The van der Waals surface area contributed by atoms with E-state index >= 15 is 0 Å². The molecule has 2 aliphatic rings. The molecule has 1 aliphatic carbocycles. The monoisotopic (exact) mass is 157 g/mol. The highest BCUT2D eigenvalue weighted by molar-refractivity contribution is 5.00. The van der Waals surface area contributed by atoms with Gasteiger partial charge in [0.15, 0.2) is 0 Å². The fraction of sp³-hybridized carbons (Fsp3) is 1.00. The summed E-state index contributed by atoms with van der Waals surface area (Å²) < 4.78 is 5.60. The Labute approximate surface area is 66.8 Å². The predicted octanol–water partition coefficient (Wildman–Crippen LogP) is 0.836. The first-order chi connectivity index (χ1) is 5.37. The largest absolute Gasteiger partial charge is 0.378 e. The summed E-state index contributed by atoms with van der Waals surface area (Å²) in [5.74, 6) is 5.07. The van der Waals surface area contributed by atoms with Crippen LogP contribution in [-0.2, 0) is 9.57 Å². The van der Waals surface area contributed by atoms with Crippen molar-refractivity contribution in [1.82, 2.24) is 0 Å². The minimum absolute atomic E-state index is 0.311. The zero-order valence-electron chi connectivity index (χ0n) is 6.71. The molecule has 1 saturated carbocycles. The van der Waals surface area contributed by atoms with Gasteiger partial charge in [0.25, 0.3) is 0 Å². The SMILES string of the molecule is NOCC1(C2CCCO2)CC1. The van der Waals surface area contributed by atoms with Crippen LogP contribution in [0.2, 0.25) is 0 Å². The lowest BCUT2D eigenvalue weighted by Gasteiger charge is -2.20. The maximum Gasteiger partial charge on any atom is 0.0760 e. The molecule has 3 heteroatoms. The van der Waals surface area contributed by atoms with Crippen molar-refractivity contribution in [1.29, 1.82) is 0 Å². The van der Waals surface area contributed by atoms with Crippen molar-refractivity contribution in [2.75, 3.05) is 13.2 Å². The van der Waals surface area contributed by atoms with E-state index < -0.39 is 0 Å². The number of hydrogen-bond donors (Lipinski definition) is 1. The van der Waals surface area contributed by atoms with Gasteiger partial charge in [0.05, 0.1) is 12.7 Å². The van der Waals surface area contributed by atoms with Crippen LogP contribution >= 0.6 is 0 Å². The summed E-state index contributed by atoms with van der Waals surface area (Å²) in [6.45, 7) is 1.61. The predicted molar refractivity (Wildman–Crippen MR) is 40.8 cm³/mol. The lowest BCUT2D eigenvalue weighted by molar-refractivity contribution is -0.00406. The second kappa shape index (κ2) is 2.73. The Balaban J connectivity index is 1.91. The van der Waals surface area contributed by atoms with Crippen molar-refractivity contribution >= 4 is 0 Å². The van der Waals surface area contributed by atoms with Gasteiger partial charge in [0.2, 0.25) is 0 Å². The molecule has 11 heavy (non-hydrogen) atoms. The summed E-state index contributed by atoms with van der Waals surface area (Å²) in [6, 6.07) is 0. The van der Waals surface area contributed by atoms with Crippen molar-refractivity contribution in [2.24, 2.45) is 11.3 Å². The average Bonchev–Trinajstić information content (AvgIpc) is 2.63. The molecule has 0 spiro atoms. The molecule has 1 saturated heterocycles. The fourth-order valence-corrected chi connectivity index (χ4v) is 1.95. The smallest absolute Gasteiger partial charge is 0.0760 e. The molecule has 0 amide bonds. The standard InChI is InChI=1S/C8H15NO2/c9-11-6-8(3-4-8)7-2-1-5-10-7/h7H,1-6,9H2. The zero-order chi connectivity index (χ0) is 7.73. The topological polar surface area (TPSA) is 44.5 Å². The van der Waals surface area contributed by atoms with Crippen LogP contribution in [0, 0.1) is 5.41 Å². The molecule has 2 fully saturated rings. The van der Waals surface area contributed by atoms with Crippen LogP contribution < -0.4 is 5.90 Å². The highest BCUT2D eigenvalue weighted by atomic mass is 16.6. The van der Waals surface area contributed by atoms with Gasteiger partial charge in [-0.2, -0.15) is 0 Å². The third kappa shape index (κ3) is 1.28. The van der Waals surface area contributed by atoms with E-state index in [0.29, 0.717) is 18.1 Å². The number of hydrogen-bond acceptors (Lipinski definition) is 3. The van der Waals surface area contributed by atoms with Crippen molar-refractivity contribution < 1.29 is 9.57 Å². The van der Waals surface area contributed by atoms with Crippen LogP contribution in [0.25, 0.3) is 0 Å². The zero-order valence-corrected chi connectivity index (χ0v) is 6.71. The summed E-state index contributed by atoms with van der Waals surface area (Å²) in [5.41, 5.74) is 0.311. The minimum Gasteiger partial charge on any atom is -0.378 e. The fourth-order valence-electron chi connectivity index (χ4n) is 1.95. The first-order valence-electron chi connectivity index (χ1n) is 4.31. The van der Waals surface area contributed by atoms with Gasteiger partial charge in [-0.15, -0.1) is 0 Å². The molecule has 64 valence electrons. The second-order valence-electron chi connectivity index (χ2n) is 3.68. The highest BCUT2D eigenvalue weighted by Gasteiger charge is 2.51. The van der Waals surface area contributed by atoms with Gasteiger partial charge < -0.3 is 9.57 Å². The molecule has 1 atom stereocenters. The van der Waals surface area contributed by atoms with Gasteiger partial charge in [-0.25, -0.2) is 5.90 Å². The Hall–Kier alpha value is -0.120. The van der Waals surface area contributed by atoms with Crippen LogP contribution in [0.15, 0.2) is 0 Å². The van der Waals surface area contributed by atoms with Crippen LogP contribution in [0.3, 0.4) is 0 Å². The Bertz CT molecular complexity index is 139. The molecule has 0 aromatic heterocycles. The molecular formula is C8H15NO2. The maximum atomic E-state index is 5.60. The summed E-state index contributed by atoms with van der Waals surface area (Å²) in [6.07, 6.45) is 5.30.